The summed E-state index contributed by atoms with van der Waals surface area (Å²) in [6, 6.07) is 7.49. The van der Waals surface area contributed by atoms with E-state index in [9.17, 15) is 9.90 Å². The zero-order valence-corrected chi connectivity index (χ0v) is 18.4. The number of thiophene rings is 1. The van der Waals surface area contributed by atoms with E-state index in [1.807, 2.05) is 22.4 Å². The van der Waals surface area contributed by atoms with Crippen molar-refractivity contribution in [2.45, 2.75) is 6.10 Å². The number of nitrogens with zero attached hydrogens (tertiary/aromatic N) is 2. The monoisotopic (exact) mass is 432 g/mol. The summed E-state index contributed by atoms with van der Waals surface area (Å²) in [7, 11) is 4.67. The minimum absolute atomic E-state index is 0.0396. The molecule has 1 aliphatic heterocycles. The number of rotatable bonds is 8. The van der Waals surface area contributed by atoms with Crippen LogP contribution in [-0.2, 0) is 4.79 Å². The normalized spacial score (nSPS) is 15.9. The van der Waals surface area contributed by atoms with E-state index in [-0.39, 0.29) is 5.91 Å². The highest BCUT2D eigenvalue weighted by Crippen LogP contribution is 2.38. The number of ether oxygens (including phenoxy) is 3. The molecule has 1 aromatic carbocycles. The van der Waals surface area contributed by atoms with Crippen LogP contribution in [0.25, 0.3) is 6.08 Å². The zero-order valence-electron chi connectivity index (χ0n) is 17.5. The fourth-order valence-electron chi connectivity index (χ4n) is 3.44. The Bertz CT molecular complexity index is 835. The first kappa shape index (κ1) is 22.1. The van der Waals surface area contributed by atoms with Gasteiger partial charge in [-0.3, -0.25) is 9.69 Å². The van der Waals surface area contributed by atoms with Gasteiger partial charge in [-0.05, 0) is 35.2 Å². The summed E-state index contributed by atoms with van der Waals surface area (Å²) in [6.07, 6.45) is 2.84. The Balaban J connectivity index is 1.56. The van der Waals surface area contributed by atoms with Crippen LogP contribution in [0.2, 0.25) is 0 Å². The van der Waals surface area contributed by atoms with Crippen LogP contribution in [-0.4, -0.2) is 74.9 Å². The zero-order chi connectivity index (χ0) is 21.5. The van der Waals surface area contributed by atoms with E-state index in [2.05, 4.69) is 4.90 Å². The van der Waals surface area contributed by atoms with Gasteiger partial charge in [0.25, 0.3) is 0 Å². The maximum atomic E-state index is 12.6. The summed E-state index contributed by atoms with van der Waals surface area (Å²) < 4.78 is 16.0. The van der Waals surface area contributed by atoms with E-state index in [4.69, 9.17) is 14.2 Å². The van der Waals surface area contributed by atoms with Gasteiger partial charge >= 0.3 is 0 Å². The van der Waals surface area contributed by atoms with Gasteiger partial charge in [-0.2, -0.15) is 0 Å². The van der Waals surface area contributed by atoms with Crippen molar-refractivity contribution in [2.75, 3.05) is 54.1 Å². The van der Waals surface area contributed by atoms with Crippen LogP contribution in [0.3, 0.4) is 0 Å². The van der Waals surface area contributed by atoms with E-state index in [0.29, 0.717) is 36.9 Å². The van der Waals surface area contributed by atoms with Crippen LogP contribution in [0.5, 0.6) is 17.2 Å². The summed E-state index contributed by atoms with van der Waals surface area (Å²) >= 11 is 1.56. The van der Waals surface area contributed by atoms with E-state index in [0.717, 1.165) is 23.5 Å². The van der Waals surface area contributed by atoms with Gasteiger partial charge in [-0.15, -0.1) is 11.3 Å². The molecule has 0 spiro atoms. The summed E-state index contributed by atoms with van der Waals surface area (Å²) in [5.74, 6) is 1.57. The standard InChI is InChI=1S/C22H28N2O5S/c1-27-18-13-16(14-19(28-2)22(18)29-3)6-7-21(26)24-10-8-23(9-11-24)15-17(25)20-5-4-12-30-20/h4-7,12-14,17,25H,8-11,15H2,1-3H3/b7-6+. The molecule has 1 atom stereocenters. The summed E-state index contributed by atoms with van der Waals surface area (Å²) in [6.45, 7) is 3.34. The van der Waals surface area contributed by atoms with Crippen LogP contribution < -0.4 is 14.2 Å². The van der Waals surface area contributed by atoms with Gasteiger partial charge in [0.1, 0.15) is 6.10 Å². The van der Waals surface area contributed by atoms with Gasteiger partial charge < -0.3 is 24.2 Å². The van der Waals surface area contributed by atoms with Crippen molar-refractivity contribution in [2.24, 2.45) is 0 Å². The first-order valence-corrected chi connectivity index (χ1v) is 10.6. The highest BCUT2D eigenvalue weighted by molar-refractivity contribution is 7.10. The van der Waals surface area contributed by atoms with Crippen molar-refractivity contribution in [1.82, 2.24) is 9.80 Å². The average molecular weight is 433 g/mol. The first-order valence-electron chi connectivity index (χ1n) is 9.76. The van der Waals surface area contributed by atoms with E-state index in [1.165, 1.54) is 0 Å². The quantitative estimate of drug-likeness (QED) is 0.647. The van der Waals surface area contributed by atoms with Crippen molar-refractivity contribution in [3.63, 3.8) is 0 Å². The fourth-order valence-corrected chi connectivity index (χ4v) is 4.14. The fraction of sp³-hybridized carbons (Fsp3) is 0.409. The SMILES string of the molecule is COc1cc(/C=C/C(=O)N2CCN(CC(O)c3cccs3)CC2)cc(OC)c1OC. The topological polar surface area (TPSA) is 71.5 Å². The smallest absolute Gasteiger partial charge is 0.246 e. The second-order valence-corrected chi connectivity index (χ2v) is 7.93. The summed E-state index contributed by atoms with van der Waals surface area (Å²) in [4.78, 5) is 17.6. The molecule has 0 radical (unpaired) electrons. The summed E-state index contributed by atoms with van der Waals surface area (Å²) in [5.41, 5.74) is 0.788. The molecule has 30 heavy (non-hydrogen) atoms. The number of amides is 1. The van der Waals surface area contributed by atoms with Crippen molar-refractivity contribution in [3.8, 4) is 17.2 Å². The molecule has 0 saturated carbocycles. The Morgan fingerprint density at radius 2 is 1.80 bits per heavy atom. The first-order chi connectivity index (χ1) is 14.5. The molecular formula is C22H28N2O5S. The molecule has 0 bridgehead atoms. The highest BCUT2D eigenvalue weighted by Gasteiger charge is 2.22. The third-order valence-corrected chi connectivity index (χ3v) is 6.07. The Morgan fingerprint density at radius 1 is 1.13 bits per heavy atom. The molecule has 1 saturated heterocycles. The Labute approximate surface area is 181 Å². The third-order valence-electron chi connectivity index (χ3n) is 5.09. The molecule has 1 N–H and O–H groups in total. The minimum Gasteiger partial charge on any atom is -0.493 e. The lowest BCUT2D eigenvalue weighted by Crippen LogP contribution is -2.49. The maximum Gasteiger partial charge on any atom is 0.246 e. The van der Waals surface area contributed by atoms with E-state index < -0.39 is 6.10 Å². The van der Waals surface area contributed by atoms with E-state index in [1.54, 1.807) is 57.0 Å². The molecule has 2 aromatic rings. The lowest BCUT2D eigenvalue weighted by atomic mass is 10.1. The largest absolute Gasteiger partial charge is 0.493 e. The number of aliphatic hydroxyl groups excluding tert-OH is 1. The predicted octanol–water partition coefficient (Wildman–Crippen LogP) is 2.66. The molecule has 8 heteroatoms. The van der Waals surface area contributed by atoms with Crippen LogP contribution >= 0.6 is 11.3 Å². The number of benzene rings is 1. The van der Waals surface area contributed by atoms with Crippen LogP contribution in [0, 0.1) is 0 Å². The van der Waals surface area contributed by atoms with Crippen molar-refractivity contribution in [1.29, 1.82) is 0 Å². The third kappa shape index (κ3) is 5.33. The van der Waals surface area contributed by atoms with Gasteiger partial charge in [0.05, 0.1) is 21.3 Å². The number of β-amino-alcohol motifs (C(OH)–C–C–N with tert-alkyl or cyclic N) is 1. The van der Waals surface area contributed by atoms with Gasteiger partial charge in [-0.1, -0.05) is 6.07 Å². The van der Waals surface area contributed by atoms with Gasteiger partial charge in [0.15, 0.2) is 11.5 Å². The lowest BCUT2D eigenvalue weighted by molar-refractivity contribution is -0.127. The van der Waals surface area contributed by atoms with Crippen LogP contribution in [0.1, 0.15) is 16.5 Å². The number of hydrogen-bond acceptors (Lipinski definition) is 7. The highest BCUT2D eigenvalue weighted by atomic mass is 32.1. The van der Waals surface area contributed by atoms with Crippen LogP contribution in [0.4, 0.5) is 0 Å². The van der Waals surface area contributed by atoms with Gasteiger partial charge in [0.2, 0.25) is 11.7 Å². The van der Waals surface area contributed by atoms with Crippen molar-refractivity contribution in [3.05, 3.63) is 46.2 Å². The second kappa shape index (κ2) is 10.5. The molecule has 1 aromatic heterocycles. The number of methoxy groups -OCH3 is 3. The molecule has 3 rings (SSSR count). The summed E-state index contributed by atoms with van der Waals surface area (Å²) in [5, 5.41) is 12.3. The molecule has 7 nitrogen and oxygen atoms in total. The molecule has 1 amide bonds. The Kier molecular flexibility index (Phi) is 7.73. The molecule has 1 fully saturated rings. The molecule has 162 valence electrons. The average Bonchev–Trinajstić information content (AvgIpc) is 3.32. The minimum atomic E-state index is -0.479. The number of carbonyl (C=O) groups is 1. The Hall–Kier alpha value is -2.55. The van der Waals surface area contributed by atoms with Crippen molar-refractivity contribution < 1.29 is 24.1 Å². The number of piperazine rings is 1. The molecule has 0 aliphatic carbocycles. The lowest BCUT2D eigenvalue weighted by Gasteiger charge is -2.35. The molecule has 2 heterocycles. The number of aliphatic hydroxyl groups is 1. The van der Waals surface area contributed by atoms with Crippen LogP contribution in [0.15, 0.2) is 35.7 Å². The predicted molar refractivity (Wildman–Crippen MR) is 117 cm³/mol. The van der Waals surface area contributed by atoms with Crippen molar-refractivity contribution >= 4 is 23.3 Å². The van der Waals surface area contributed by atoms with Gasteiger partial charge in [-0.25, -0.2) is 0 Å². The van der Waals surface area contributed by atoms with E-state index >= 15 is 0 Å². The molecule has 1 aliphatic rings. The molecular weight excluding hydrogens is 404 g/mol. The Morgan fingerprint density at radius 3 is 2.33 bits per heavy atom. The second-order valence-electron chi connectivity index (χ2n) is 6.95. The number of hydrogen-bond donors (Lipinski definition) is 1. The molecule has 1 unspecified atom stereocenters. The number of carbonyl (C=O) groups excluding carboxylic acids is 1. The maximum absolute atomic E-state index is 12.6. The van der Waals surface area contributed by atoms with Gasteiger partial charge in [0, 0.05) is 43.7 Å².